The lowest BCUT2D eigenvalue weighted by Gasteiger charge is -2.39. The lowest BCUT2D eigenvalue weighted by atomic mass is 9.92. The van der Waals surface area contributed by atoms with Crippen LogP contribution >= 0.6 is 11.8 Å². The number of anilines is 2. The Morgan fingerprint density at radius 1 is 1.14 bits per heavy atom. The first kappa shape index (κ1) is 27.9. The molecule has 0 radical (unpaired) electrons. The number of fused-ring (bicyclic) bond motifs is 2. The molecule has 1 amide bonds. The van der Waals surface area contributed by atoms with Crippen LogP contribution in [-0.4, -0.2) is 69.2 Å². The fourth-order valence-corrected chi connectivity index (χ4v) is 6.79. The number of rotatable bonds is 6. The van der Waals surface area contributed by atoms with Crippen molar-refractivity contribution in [2.75, 3.05) is 32.5 Å². The van der Waals surface area contributed by atoms with Gasteiger partial charge in [0.25, 0.3) is 11.5 Å². The third-order valence-corrected chi connectivity index (χ3v) is 8.85. The molecule has 2 aliphatic rings. The van der Waals surface area contributed by atoms with E-state index in [-0.39, 0.29) is 29.0 Å². The molecule has 0 aliphatic carbocycles. The second kappa shape index (κ2) is 10.9. The summed E-state index contributed by atoms with van der Waals surface area (Å²) in [6.07, 6.45) is 2.70. The standard InChI is InChI=1S/C31H32N6O4S/c1-31(2)26(25(38)22-7-5-6-8-24(22)42-31)37-27-18(15-23(29(37)40)28(39)36(3)4)16-33-30(35-27)34-19-9-11-20(12-10-19)41-21-13-14-32-17-21/h5-12,15-16,21,26,32H,13-14,17H2,1-4H3,(H,33,34,35). The average Bonchev–Trinajstić information content (AvgIpc) is 3.47. The molecule has 2 unspecified atom stereocenters. The van der Waals surface area contributed by atoms with Gasteiger partial charge in [0, 0.05) is 53.1 Å². The Balaban J connectivity index is 1.43. The molecule has 216 valence electrons. The van der Waals surface area contributed by atoms with Gasteiger partial charge < -0.3 is 20.3 Å². The van der Waals surface area contributed by atoms with Crippen LogP contribution in [0.4, 0.5) is 11.6 Å². The highest BCUT2D eigenvalue weighted by Crippen LogP contribution is 2.48. The van der Waals surface area contributed by atoms with Crippen molar-refractivity contribution in [1.29, 1.82) is 0 Å². The molecule has 1 fully saturated rings. The second-order valence-corrected chi connectivity index (χ2v) is 13.0. The van der Waals surface area contributed by atoms with E-state index in [1.54, 1.807) is 26.4 Å². The number of ketones is 1. The Morgan fingerprint density at radius 3 is 2.62 bits per heavy atom. The Hall–Kier alpha value is -4.22. The number of hydrogen-bond donors (Lipinski definition) is 2. The first-order chi connectivity index (χ1) is 20.1. The number of nitrogens with one attached hydrogen (secondary N) is 2. The molecule has 2 aromatic carbocycles. The number of Topliss-reactive ketones (excluding diaryl/α,β-unsaturated/α-hetero) is 1. The van der Waals surface area contributed by atoms with Crippen LogP contribution in [0.25, 0.3) is 11.0 Å². The Labute approximate surface area is 247 Å². The van der Waals surface area contributed by atoms with Crippen LogP contribution in [0, 0.1) is 0 Å². The highest BCUT2D eigenvalue weighted by Gasteiger charge is 2.45. The van der Waals surface area contributed by atoms with Gasteiger partial charge in [-0.3, -0.25) is 19.0 Å². The van der Waals surface area contributed by atoms with Gasteiger partial charge in [-0.25, -0.2) is 4.98 Å². The van der Waals surface area contributed by atoms with Crippen LogP contribution in [0.15, 0.2) is 70.5 Å². The van der Waals surface area contributed by atoms with Crippen molar-refractivity contribution in [2.24, 2.45) is 0 Å². The van der Waals surface area contributed by atoms with Crippen LogP contribution in [0.2, 0.25) is 0 Å². The maximum absolute atomic E-state index is 14.1. The van der Waals surface area contributed by atoms with Crippen LogP contribution in [0.1, 0.15) is 47.0 Å². The number of amides is 1. The smallest absolute Gasteiger partial charge is 0.265 e. The van der Waals surface area contributed by atoms with Crippen LogP contribution in [0.5, 0.6) is 5.75 Å². The average molecular weight is 585 g/mol. The maximum atomic E-state index is 14.1. The molecule has 2 N–H and O–H groups in total. The summed E-state index contributed by atoms with van der Waals surface area (Å²) in [6.45, 7) is 5.65. The van der Waals surface area contributed by atoms with Crippen molar-refractivity contribution in [1.82, 2.24) is 24.8 Å². The lowest BCUT2D eigenvalue weighted by Crippen LogP contribution is -2.46. The van der Waals surface area contributed by atoms with E-state index in [9.17, 15) is 14.4 Å². The Bertz CT molecular complexity index is 1750. The van der Waals surface area contributed by atoms with Gasteiger partial charge >= 0.3 is 0 Å². The minimum absolute atomic E-state index is 0.0441. The molecule has 42 heavy (non-hydrogen) atoms. The number of hydrogen-bond acceptors (Lipinski definition) is 9. The normalized spacial score (nSPS) is 19.4. The molecular formula is C31H32N6O4S. The van der Waals surface area contributed by atoms with E-state index >= 15 is 0 Å². The number of carbonyl (C=O) groups excluding carboxylic acids is 2. The molecule has 4 aromatic rings. The predicted molar refractivity (Wildman–Crippen MR) is 163 cm³/mol. The van der Waals surface area contributed by atoms with E-state index in [4.69, 9.17) is 9.72 Å². The van der Waals surface area contributed by atoms with Crippen molar-refractivity contribution >= 4 is 46.1 Å². The highest BCUT2D eigenvalue weighted by molar-refractivity contribution is 8.00. The first-order valence-electron chi connectivity index (χ1n) is 13.8. The van der Waals surface area contributed by atoms with E-state index < -0.39 is 22.3 Å². The van der Waals surface area contributed by atoms with Gasteiger partial charge in [-0.1, -0.05) is 18.2 Å². The molecule has 2 atom stereocenters. The number of nitrogens with zero attached hydrogens (tertiary/aromatic N) is 4. The van der Waals surface area contributed by atoms with Crippen LogP contribution in [0.3, 0.4) is 0 Å². The predicted octanol–water partition coefficient (Wildman–Crippen LogP) is 4.29. The van der Waals surface area contributed by atoms with Crippen molar-refractivity contribution in [3.8, 4) is 5.75 Å². The summed E-state index contributed by atoms with van der Waals surface area (Å²) in [6, 6.07) is 15.5. The fraction of sp³-hybridized carbons (Fsp3) is 0.323. The number of benzene rings is 2. The summed E-state index contributed by atoms with van der Waals surface area (Å²) in [5.74, 6) is 0.373. The van der Waals surface area contributed by atoms with Gasteiger partial charge in [-0.05, 0) is 63.2 Å². The van der Waals surface area contributed by atoms with Crippen LogP contribution < -0.4 is 20.9 Å². The van der Waals surface area contributed by atoms with E-state index in [1.165, 1.54) is 27.3 Å². The highest BCUT2D eigenvalue weighted by atomic mass is 32.2. The lowest BCUT2D eigenvalue weighted by molar-refractivity contribution is 0.0820. The zero-order chi connectivity index (χ0) is 29.6. The molecular weight excluding hydrogens is 552 g/mol. The van der Waals surface area contributed by atoms with E-state index in [0.717, 1.165) is 35.8 Å². The largest absolute Gasteiger partial charge is 0.489 e. The summed E-state index contributed by atoms with van der Waals surface area (Å²) in [4.78, 5) is 52.6. The fourth-order valence-electron chi connectivity index (χ4n) is 5.47. The number of pyridine rings is 1. The van der Waals surface area contributed by atoms with E-state index in [0.29, 0.717) is 10.9 Å². The Kier molecular flexibility index (Phi) is 7.24. The molecule has 2 aliphatic heterocycles. The second-order valence-electron chi connectivity index (χ2n) is 11.3. The number of carbonyl (C=O) groups is 2. The number of aromatic nitrogens is 3. The zero-order valence-electron chi connectivity index (χ0n) is 23.9. The molecule has 10 nitrogen and oxygen atoms in total. The summed E-state index contributed by atoms with van der Waals surface area (Å²) in [7, 11) is 3.17. The van der Waals surface area contributed by atoms with Crippen molar-refractivity contribution < 1.29 is 14.3 Å². The minimum Gasteiger partial charge on any atom is -0.489 e. The zero-order valence-corrected chi connectivity index (χ0v) is 24.7. The monoisotopic (exact) mass is 584 g/mol. The van der Waals surface area contributed by atoms with Gasteiger partial charge in [0.2, 0.25) is 5.95 Å². The summed E-state index contributed by atoms with van der Waals surface area (Å²) < 4.78 is 6.68. The van der Waals surface area contributed by atoms with Gasteiger partial charge in [-0.15, -0.1) is 11.8 Å². The van der Waals surface area contributed by atoms with Crippen molar-refractivity contribution in [3.05, 3.63) is 82.3 Å². The van der Waals surface area contributed by atoms with Crippen molar-refractivity contribution in [3.63, 3.8) is 0 Å². The molecule has 0 bridgehead atoms. The van der Waals surface area contributed by atoms with Gasteiger partial charge in [0.15, 0.2) is 5.78 Å². The van der Waals surface area contributed by atoms with Gasteiger partial charge in [-0.2, -0.15) is 4.98 Å². The number of ether oxygens (including phenoxy) is 1. The van der Waals surface area contributed by atoms with E-state index in [1.807, 2.05) is 56.3 Å². The molecule has 2 aromatic heterocycles. The SMILES string of the molecule is CN(C)C(=O)c1cc2cnc(Nc3ccc(OC4CCNC4)cc3)nc2n(C2C(=O)c3ccccc3SC2(C)C)c1=O. The van der Waals surface area contributed by atoms with Crippen LogP contribution in [-0.2, 0) is 0 Å². The topological polar surface area (TPSA) is 118 Å². The maximum Gasteiger partial charge on any atom is 0.265 e. The van der Waals surface area contributed by atoms with Gasteiger partial charge in [0.05, 0.1) is 0 Å². The molecule has 0 spiro atoms. The Morgan fingerprint density at radius 2 is 1.90 bits per heavy atom. The molecule has 0 saturated carbocycles. The first-order valence-corrected chi connectivity index (χ1v) is 14.6. The minimum atomic E-state index is -0.911. The molecule has 4 heterocycles. The van der Waals surface area contributed by atoms with Crippen molar-refractivity contribution in [2.45, 2.75) is 42.1 Å². The quantitative estimate of drug-likeness (QED) is 0.342. The summed E-state index contributed by atoms with van der Waals surface area (Å²) in [5.41, 5.74) is 0.933. The third-order valence-electron chi connectivity index (χ3n) is 7.53. The summed E-state index contributed by atoms with van der Waals surface area (Å²) in [5, 5.41) is 6.97. The van der Waals surface area contributed by atoms with Gasteiger partial charge in [0.1, 0.15) is 29.1 Å². The summed E-state index contributed by atoms with van der Waals surface area (Å²) >= 11 is 1.53. The third kappa shape index (κ3) is 5.14. The molecule has 1 saturated heterocycles. The van der Waals surface area contributed by atoms with E-state index in [2.05, 4.69) is 15.6 Å². The molecule has 11 heteroatoms. The number of thioether (sulfide) groups is 1. The molecule has 6 rings (SSSR count).